The first-order chi connectivity index (χ1) is 8.82. The Morgan fingerprint density at radius 3 is 2.63 bits per heavy atom. The molecule has 3 heteroatoms. The van der Waals surface area contributed by atoms with E-state index in [4.69, 9.17) is 4.74 Å². The smallest absolute Gasteiger partial charge is 0.213 e. The Morgan fingerprint density at radius 1 is 1.21 bits per heavy atom. The molecular weight excluding hydrogens is 236 g/mol. The van der Waals surface area contributed by atoms with Gasteiger partial charge in [0.15, 0.2) is 0 Å². The van der Waals surface area contributed by atoms with Crippen molar-refractivity contribution in [1.82, 2.24) is 9.97 Å². The summed E-state index contributed by atoms with van der Waals surface area (Å²) in [6.07, 6.45) is 2.27. The molecule has 0 spiro atoms. The summed E-state index contributed by atoms with van der Waals surface area (Å²) in [5.41, 5.74) is 5.40. The van der Waals surface area contributed by atoms with Gasteiger partial charge >= 0.3 is 0 Å². The van der Waals surface area contributed by atoms with Crippen LogP contribution in [0.1, 0.15) is 45.4 Å². The fourth-order valence-corrected chi connectivity index (χ4v) is 3.90. The number of hydrogen-bond acceptors (Lipinski definition) is 2. The van der Waals surface area contributed by atoms with Crippen LogP contribution in [0.4, 0.5) is 0 Å². The van der Waals surface area contributed by atoms with Crippen LogP contribution in [0, 0.1) is 5.41 Å². The van der Waals surface area contributed by atoms with Crippen molar-refractivity contribution >= 4 is 11.0 Å². The van der Waals surface area contributed by atoms with E-state index in [1.807, 2.05) is 6.07 Å². The van der Waals surface area contributed by atoms with Gasteiger partial charge in [0, 0.05) is 17.3 Å². The minimum Gasteiger partial charge on any atom is -0.481 e. The molecule has 2 aromatic heterocycles. The highest BCUT2D eigenvalue weighted by atomic mass is 16.5. The molecule has 0 radical (unpaired) electrons. The van der Waals surface area contributed by atoms with E-state index in [-0.39, 0.29) is 5.41 Å². The molecule has 1 N–H and O–H groups in total. The predicted molar refractivity (Wildman–Crippen MR) is 77.8 cm³/mol. The maximum atomic E-state index is 5.27. The van der Waals surface area contributed by atoms with Crippen LogP contribution in [-0.4, -0.2) is 17.1 Å². The van der Waals surface area contributed by atoms with E-state index < -0.39 is 0 Å². The summed E-state index contributed by atoms with van der Waals surface area (Å²) in [7, 11) is 1.67. The third-order valence-electron chi connectivity index (χ3n) is 4.16. The van der Waals surface area contributed by atoms with Gasteiger partial charge in [-0.15, -0.1) is 0 Å². The Balaban J connectivity index is 2.28. The van der Waals surface area contributed by atoms with Gasteiger partial charge in [-0.3, -0.25) is 0 Å². The maximum absolute atomic E-state index is 5.27. The molecule has 0 aromatic carbocycles. The van der Waals surface area contributed by atoms with Crippen LogP contribution >= 0.6 is 0 Å². The quantitative estimate of drug-likeness (QED) is 0.844. The van der Waals surface area contributed by atoms with E-state index in [1.54, 1.807) is 7.11 Å². The van der Waals surface area contributed by atoms with Crippen molar-refractivity contribution in [3.63, 3.8) is 0 Å². The minimum absolute atomic E-state index is 0.148. The second-order valence-electron chi connectivity index (χ2n) is 7.13. The number of fused-ring (bicyclic) bond motifs is 3. The van der Waals surface area contributed by atoms with Crippen molar-refractivity contribution in [3.8, 4) is 5.88 Å². The first kappa shape index (κ1) is 12.5. The van der Waals surface area contributed by atoms with Gasteiger partial charge in [-0.05, 0) is 29.7 Å². The molecule has 3 nitrogen and oxygen atoms in total. The van der Waals surface area contributed by atoms with Crippen molar-refractivity contribution in [2.24, 2.45) is 5.41 Å². The Kier molecular flexibility index (Phi) is 2.47. The van der Waals surface area contributed by atoms with Crippen LogP contribution in [-0.2, 0) is 11.8 Å². The van der Waals surface area contributed by atoms with Crippen LogP contribution in [0.3, 0.4) is 0 Å². The number of H-pyrrole nitrogens is 1. The molecule has 0 aliphatic heterocycles. The first-order valence-electron chi connectivity index (χ1n) is 6.88. The SMILES string of the molecule is COc1ccc2[nH]c3c(c2n1)C(C)(C)CC(C)(C)C3. The highest BCUT2D eigenvalue weighted by Gasteiger charge is 2.40. The molecule has 19 heavy (non-hydrogen) atoms. The summed E-state index contributed by atoms with van der Waals surface area (Å²) in [6, 6.07) is 3.99. The second-order valence-corrected chi connectivity index (χ2v) is 7.13. The van der Waals surface area contributed by atoms with Gasteiger partial charge in [-0.1, -0.05) is 27.7 Å². The lowest BCUT2D eigenvalue weighted by Crippen LogP contribution is -2.34. The molecule has 0 fully saturated rings. The molecule has 3 rings (SSSR count). The van der Waals surface area contributed by atoms with Crippen LogP contribution < -0.4 is 4.74 Å². The summed E-state index contributed by atoms with van der Waals surface area (Å²) >= 11 is 0. The number of rotatable bonds is 1. The molecule has 0 saturated carbocycles. The van der Waals surface area contributed by atoms with Gasteiger partial charge in [0.05, 0.1) is 18.1 Å². The van der Waals surface area contributed by atoms with E-state index in [9.17, 15) is 0 Å². The zero-order chi connectivity index (χ0) is 13.8. The van der Waals surface area contributed by atoms with E-state index in [0.717, 1.165) is 17.5 Å². The molecule has 1 aliphatic rings. The van der Waals surface area contributed by atoms with E-state index in [0.29, 0.717) is 11.3 Å². The summed E-state index contributed by atoms with van der Waals surface area (Å²) in [5, 5.41) is 0. The number of aromatic nitrogens is 2. The topological polar surface area (TPSA) is 37.9 Å². The van der Waals surface area contributed by atoms with Crippen LogP contribution in [0.25, 0.3) is 11.0 Å². The number of ether oxygens (including phenoxy) is 1. The van der Waals surface area contributed by atoms with Crippen molar-refractivity contribution in [2.45, 2.75) is 46.0 Å². The van der Waals surface area contributed by atoms with Crippen LogP contribution in [0.5, 0.6) is 5.88 Å². The highest BCUT2D eigenvalue weighted by Crippen LogP contribution is 2.47. The zero-order valence-corrected chi connectivity index (χ0v) is 12.4. The monoisotopic (exact) mass is 258 g/mol. The van der Waals surface area contributed by atoms with E-state index in [1.165, 1.54) is 17.7 Å². The molecule has 1 aliphatic carbocycles. The van der Waals surface area contributed by atoms with Crippen molar-refractivity contribution in [1.29, 1.82) is 0 Å². The number of nitrogens with zero attached hydrogens (tertiary/aromatic N) is 1. The fraction of sp³-hybridized carbons (Fsp3) is 0.562. The lowest BCUT2D eigenvalue weighted by molar-refractivity contribution is 0.230. The fourth-order valence-electron chi connectivity index (χ4n) is 3.90. The highest BCUT2D eigenvalue weighted by molar-refractivity contribution is 5.82. The standard InChI is InChI=1S/C16H22N2O/c1-15(2)8-11-13(16(3,4)9-15)14-10(17-11)6-7-12(18-14)19-5/h6-7,17H,8-9H2,1-5H3. The summed E-state index contributed by atoms with van der Waals surface area (Å²) < 4.78 is 5.27. The normalized spacial score (nSPS) is 20.3. The Labute approximate surface area is 114 Å². The molecule has 0 bridgehead atoms. The number of hydrogen-bond donors (Lipinski definition) is 1. The summed E-state index contributed by atoms with van der Waals surface area (Å²) in [6.45, 7) is 9.33. The van der Waals surface area contributed by atoms with Gasteiger partial charge in [0.25, 0.3) is 0 Å². The van der Waals surface area contributed by atoms with Gasteiger partial charge in [-0.2, -0.15) is 0 Å². The third-order valence-corrected chi connectivity index (χ3v) is 4.16. The van der Waals surface area contributed by atoms with Crippen molar-refractivity contribution < 1.29 is 4.74 Å². The maximum Gasteiger partial charge on any atom is 0.213 e. The molecule has 0 unspecified atom stereocenters. The third kappa shape index (κ3) is 1.92. The molecule has 0 amide bonds. The Morgan fingerprint density at radius 2 is 1.95 bits per heavy atom. The average Bonchev–Trinajstić information content (AvgIpc) is 2.62. The molecule has 0 atom stereocenters. The lowest BCUT2D eigenvalue weighted by atomic mass is 9.64. The predicted octanol–water partition coefficient (Wildman–Crippen LogP) is 3.82. The summed E-state index contributed by atoms with van der Waals surface area (Å²) in [4.78, 5) is 8.22. The Hall–Kier alpha value is -1.51. The van der Waals surface area contributed by atoms with Gasteiger partial charge in [0.1, 0.15) is 0 Å². The van der Waals surface area contributed by atoms with Crippen molar-refractivity contribution in [3.05, 3.63) is 23.4 Å². The minimum atomic E-state index is 0.148. The van der Waals surface area contributed by atoms with Gasteiger partial charge in [-0.25, -0.2) is 4.98 Å². The first-order valence-corrected chi connectivity index (χ1v) is 6.88. The number of nitrogens with one attached hydrogen (secondary N) is 1. The van der Waals surface area contributed by atoms with E-state index in [2.05, 4.69) is 43.7 Å². The largest absolute Gasteiger partial charge is 0.481 e. The lowest BCUT2D eigenvalue weighted by Gasteiger charge is -2.40. The molecule has 2 aromatic rings. The molecule has 102 valence electrons. The van der Waals surface area contributed by atoms with Crippen molar-refractivity contribution in [2.75, 3.05) is 7.11 Å². The van der Waals surface area contributed by atoms with Crippen LogP contribution in [0.2, 0.25) is 0 Å². The molecular formula is C16H22N2O. The van der Waals surface area contributed by atoms with Crippen LogP contribution in [0.15, 0.2) is 12.1 Å². The number of methoxy groups -OCH3 is 1. The van der Waals surface area contributed by atoms with E-state index >= 15 is 0 Å². The number of aromatic amines is 1. The average molecular weight is 258 g/mol. The summed E-state index contributed by atoms with van der Waals surface area (Å²) in [5.74, 6) is 0.690. The molecule has 2 heterocycles. The Bertz CT molecular complexity index is 637. The van der Waals surface area contributed by atoms with Gasteiger partial charge in [0.2, 0.25) is 5.88 Å². The molecule has 0 saturated heterocycles. The second kappa shape index (κ2) is 3.75. The number of pyridine rings is 1. The van der Waals surface area contributed by atoms with Gasteiger partial charge < -0.3 is 9.72 Å². The zero-order valence-electron chi connectivity index (χ0n) is 12.4.